The van der Waals surface area contributed by atoms with E-state index in [4.69, 9.17) is 9.72 Å². The number of aryl methyl sites for hydroxylation is 2. The lowest BCUT2D eigenvalue weighted by molar-refractivity contribution is -0.138. The van der Waals surface area contributed by atoms with Gasteiger partial charge in [0.15, 0.2) is 0 Å². The van der Waals surface area contributed by atoms with Crippen molar-refractivity contribution < 1.29 is 9.53 Å². The number of hydrogen-bond donors (Lipinski definition) is 0. The summed E-state index contributed by atoms with van der Waals surface area (Å²) in [4.78, 5) is 19.8. The molecule has 2 aromatic rings. The third-order valence-electron chi connectivity index (χ3n) is 5.60. The maximum atomic E-state index is 13.0. The molecular weight excluding hydrogens is 368 g/mol. The Balaban J connectivity index is 1.63. The first-order chi connectivity index (χ1) is 13.5. The molecule has 152 valence electrons. The molecule has 1 amide bonds. The first-order valence-corrected chi connectivity index (χ1v) is 11.3. The van der Waals surface area contributed by atoms with Crippen LogP contribution in [0.4, 0.5) is 0 Å². The van der Waals surface area contributed by atoms with Crippen molar-refractivity contribution in [3.8, 4) is 5.75 Å². The second-order valence-electron chi connectivity index (χ2n) is 8.05. The number of hydrogen-bond acceptors (Lipinski definition) is 4. The van der Waals surface area contributed by atoms with Crippen LogP contribution in [-0.4, -0.2) is 21.8 Å². The summed E-state index contributed by atoms with van der Waals surface area (Å²) >= 11 is 1.61. The fourth-order valence-corrected chi connectivity index (χ4v) is 4.60. The monoisotopic (exact) mass is 400 g/mol. The minimum Gasteiger partial charge on any atom is -0.486 e. The van der Waals surface area contributed by atoms with Crippen molar-refractivity contribution in [3.05, 3.63) is 45.4 Å². The van der Waals surface area contributed by atoms with Gasteiger partial charge < -0.3 is 9.64 Å². The first-order valence-electron chi connectivity index (χ1n) is 10.4. The predicted octanol–water partition coefficient (Wildman–Crippen LogP) is 5.66. The zero-order valence-corrected chi connectivity index (χ0v) is 18.3. The zero-order valence-electron chi connectivity index (χ0n) is 17.5. The number of thiazole rings is 1. The SMILES string of the molecule is CC[C@H](C)N(Cc1csc(COc2cc(C)cc(C)c2)n1)C(=O)C1CCCC1. The number of benzene rings is 1. The number of nitrogens with zero attached hydrogens (tertiary/aromatic N) is 2. The van der Waals surface area contributed by atoms with Crippen LogP contribution in [0.5, 0.6) is 5.75 Å². The molecule has 1 aliphatic rings. The lowest BCUT2D eigenvalue weighted by Crippen LogP contribution is -2.41. The van der Waals surface area contributed by atoms with Crippen molar-refractivity contribution in [2.45, 2.75) is 79.0 Å². The Morgan fingerprint density at radius 1 is 1.25 bits per heavy atom. The largest absolute Gasteiger partial charge is 0.486 e. The van der Waals surface area contributed by atoms with Gasteiger partial charge >= 0.3 is 0 Å². The molecule has 0 saturated heterocycles. The lowest BCUT2D eigenvalue weighted by Gasteiger charge is -2.30. The summed E-state index contributed by atoms with van der Waals surface area (Å²) in [6.45, 7) is 9.50. The van der Waals surface area contributed by atoms with Crippen molar-refractivity contribution in [1.29, 1.82) is 0 Å². The van der Waals surface area contributed by atoms with E-state index in [1.54, 1.807) is 11.3 Å². The Morgan fingerprint density at radius 2 is 1.93 bits per heavy atom. The van der Waals surface area contributed by atoms with Gasteiger partial charge in [0.25, 0.3) is 0 Å². The molecule has 1 aliphatic carbocycles. The molecule has 1 heterocycles. The molecular formula is C23H32N2O2S. The molecule has 28 heavy (non-hydrogen) atoms. The van der Waals surface area contributed by atoms with Crippen LogP contribution >= 0.6 is 11.3 Å². The van der Waals surface area contributed by atoms with Gasteiger partial charge in [-0.1, -0.05) is 25.8 Å². The molecule has 1 aromatic carbocycles. The average molecular weight is 401 g/mol. The Bertz CT molecular complexity index is 775. The number of rotatable bonds is 8. The minimum atomic E-state index is 0.208. The molecule has 1 saturated carbocycles. The number of aromatic nitrogens is 1. The van der Waals surface area contributed by atoms with Crippen LogP contribution in [0.3, 0.4) is 0 Å². The standard InChI is InChI=1S/C23H32N2O2S/c1-5-18(4)25(23(26)19-8-6-7-9-19)13-20-15-28-22(24-20)14-27-21-11-16(2)10-17(3)12-21/h10-12,15,18-19H,5-9,13-14H2,1-4H3/t18-/m0/s1. The van der Waals surface area contributed by atoms with E-state index in [0.29, 0.717) is 19.1 Å². The van der Waals surface area contributed by atoms with Crippen LogP contribution in [0.2, 0.25) is 0 Å². The van der Waals surface area contributed by atoms with Crippen molar-refractivity contribution in [1.82, 2.24) is 9.88 Å². The van der Waals surface area contributed by atoms with E-state index < -0.39 is 0 Å². The highest BCUT2D eigenvalue weighted by Crippen LogP contribution is 2.28. The average Bonchev–Trinajstić information content (AvgIpc) is 3.34. The highest BCUT2D eigenvalue weighted by atomic mass is 32.1. The number of carbonyl (C=O) groups excluding carboxylic acids is 1. The normalized spacial score (nSPS) is 15.6. The fourth-order valence-electron chi connectivity index (χ4n) is 3.90. The molecule has 5 heteroatoms. The van der Waals surface area contributed by atoms with Gasteiger partial charge in [0.2, 0.25) is 5.91 Å². The first kappa shape index (κ1) is 20.8. The summed E-state index contributed by atoms with van der Waals surface area (Å²) in [6.07, 6.45) is 5.41. The predicted molar refractivity (Wildman–Crippen MR) is 115 cm³/mol. The molecule has 0 bridgehead atoms. The molecule has 1 aromatic heterocycles. The van der Waals surface area contributed by atoms with E-state index in [0.717, 1.165) is 35.7 Å². The van der Waals surface area contributed by atoms with E-state index in [9.17, 15) is 4.79 Å². The van der Waals surface area contributed by atoms with Crippen LogP contribution < -0.4 is 4.74 Å². The van der Waals surface area contributed by atoms with Crippen LogP contribution in [0.15, 0.2) is 23.6 Å². The van der Waals surface area contributed by atoms with E-state index >= 15 is 0 Å². The van der Waals surface area contributed by atoms with Gasteiger partial charge in [-0.25, -0.2) is 4.98 Å². The Hall–Kier alpha value is -1.88. The topological polar surface area (TPSA) is 42.4 Å². The maximum absolute atomic E-state index is 13.0. The summed E-state index contributed by atoms with van der Waals surface area (Å²) < 4.78 is 5.94. The molecule has 1 atom stereocenters. The molecule has 0 radical (unpaired) electrons. The summed E-state index contributed by atoms with van der Waals surface area (Å²) in [5.74, 6) is 1.40. The zero-order chi connectivity index (χ0) is 20.1. The van der Waals surface area contributed by atoms with E-state index in [2.05, 4.69) is 39.1 Å². The second-order valence-corrected chi connectivity index (χ2v) is 8.99. The number of ether oxygens (including phenoxy) is 1. The molecule has 0 unspecified atom stereocenters. The van der Waals surface area contributed by atoms with Gasteiger partial charge in [-0.2, -0.15) is 0 Å². The number of carbonyl (C=O) groups is 1. The smallest absolute Gasteiger partial charge is 0.226 e. The molecule has 4 nitrogen and oxygen atoms in total. The summed E-state index contributed by atoms with van der Waals surface area (Å²) in [6, 6.07) is 6.47. The Morgan fingerprint density at radius 3 is 2.57 bits per heavy atom. The molecule has 0 spiro atoms. The third kappa shape index (κ3) is 5.34. The van der Waals surface area contributed by atoms with E-state index in [1.807, 2.05) is 17.0 Å². The molecule has 3 rings (SSSR count). The van der Waals surface area contributed by atoms with Crippen LogP contribution in [0.25, 0.3) is 0 Å². The molecule has 0 aliphatic heterocycles. The van der Waals surface area contributed by atoms with Crippen LogP contribution in [0, 0.1) is 19.8 Å². The van der Waals surface area contributed by atoms with Crippen LogP contribution in [-0.2, 0) is 17.9 Å². The quantitative estimate of drug-likeness (QED) is 0.574. The maximum Gasteiger partial charge on any atom is 0.226 e. The van der Waals surface area contributed by atoms with Crippen molar-refractivity contribution in [3.63, 3.8) is 0 Å². The Labute approximate surface area is 172 Å². The second kappa shape index (κ2) is 9.55. The van der Waals surface area contributed by atoms with Crippen molar-refractivity contribution in [2.75, 3.05) is 0 Å². The van der Waals surface area contributed by atoms with Gasteiger partial charge in [-0.15, -0.1) is 11.3 Å². The lowest BCUT2D eigenvalue weighted by atomic mass is 10.0. The molecule has 0 N–H and O–H groups in total. The van der Waals surface area contributed by atoms with E-state index in [1.165, 1.54) is 24.0 Å². The van der Waals surface area contributed by atoms with Crippen LogP contribution in [0.1, 0.15) is 67.8 Å². The Kier molecular flexibility index (Phi) is 7.11. The van der Waals surface area contributed by atoms with Gasteiger partial charge in [-0.3, -0.25) is 4.79 Å². The summed E-state index contributed by atoms with van der Waals surface area (Å²) in [7, 11) is 0. The highest BCUT2D eigenvalue weighted by molar-refractivity contribution is 7.09. The van der Waals surface area contributed by atoms with E-state index in [-0.39, 0.29) is 12.0 Å². The highest BCUT2D eigenvalue weighted by Gasteiger charge is 2.29. The number of amides is 1. The molecule has 1 fully saturated rings. The van der Waals surface area contributed by atoms with Gasteiger partial charge in [-0.05, 0) is 63.3 Å². The summed E-state index contributed by atoms with van der Waals surface area (Å²) in [5.41, 5.74) is 3.37. The van der Waals surface area contributed by atoms with Gasteiger partial charge in [0.1, 0.15) is 17.4 Å². The summed E-state index contributed by atoms with van der Waals surface area (Å²) in [5, 5.41) is 3.02. The van der Waals surface area contributed by atoms with Gasteiger partial charge in [0.05, 0.1) is 12.2 Å². The third-order valence-corrected chi connectivity index (χ3v) is 6.47. The fraction of sp³-hybridized carbons (Fsp3) is 0.565. The van der Waals surface area contributed by atoms with Crippen molar-refractivity contribution >= 4 is 17.2 Å². The van der Waals surface area contributed by atoms with Gasteiger partial charge in [0, 0.05) is 17.3 Å². The minimum absolute atomic E-state index is 0.208. The van der Waals surface area contributed by atoms with Crippen molar-refractivity contribution in [2.24, 2.45) is 5.92 Å².